The minimum atomic E-state index is -0.988. The first-order valence-corrected chi connectivity index (χ1v) is 10.2. The van der Waals surface area contributed by atoms with E-state index in [9.17, 15) is 14.9 Å². The molecule has 8 nitrogen and oxygen atoms in total. The Kier molecular flexibility index (Phi) is 7.59. The summed E-state index contributed by atoms with van der Waals surface area (Å²) >= 11 is 6.23. The van der Waals surface area contributed by atoms with Crippen LogP contribution in [-0.2, 0) is 30.4 Å². The highest BCUT2D eigenvalue weighted by Gasteiger charge is 2.39. The quantitative estimate of drug-likeness (QED) is 0.610. The van der Waals surface area contributed by atoms with E-state index < -0.39 is 17.9 Å². The molecule has 9 heteroatoms. The number of rotatable bonds is 7. The minimum Gasteiger partial charge on any atom is -0.489 e. The summed E-state index contributed by atoms with van der Waals surface area (Å²) in [7, 11) is 2.40. The lowest BCUT2D eigenvalue weighted by molar-refractivity contribution is -0.140. The molecule has 0 spiro atoms. The zero-order chi connectivity index (χ0) is 24.0. The standard InChI is InChI=1S/C24H21ClN2O6/c1-30-20(28)11-19-22(24(29)31-2)21(16(12-26)23(27)33-19)15-8-4-6-10-18(15)32-13-14-7-3-5-9-17(14)25/h3-10,21H,11,13,27H2,1-2H3. The third kappa shape index (κ3) is 5.10. The normalized spacial score (nSPS) is 15.4. The molecular formula is C24H21ClN2O6. The average molecular weight is 469 g/mol. The van der Waals surface area contributed by atoms with Crippen molar-refractivity contribution in [3.05, 3.63) is 87.5 Å². The van der Waals surface area contributed by atoms with E-state index in [4.69, 9.17) is 36.3 Å². The summed E-state index contributed by atoms with van der Waals surface area (Å²) < 4.78 is 21.2. The first-order valence-electron chi connectivity index (χ1n) is 9.82. The fourth-order valence-corrected chi connectivity index (χ4v) is 3.61. The molecule has 0 radical (unpaired) electrons. The largest absolute Gasteiger partial charge is 0.489 e. The van der Waals surface area contributed by atoms with Crippen LogP contribution in [0.4, 0.5) is 0 Å². The van der Waals surface area contributed by atoms with Crippen LogP contribution in [0, 0.1) is 11.3 Å². The third-order valence-corrected chi connectivity index (χ3v) is 5.37. The number of halogens is 1. The second-order valence-electron chi connectivity index (χ2n) is 6.92. The second-order valence-corrected chi connectivity index (χ2v) is 7.33. The number of ether oxygens (including phenoxy) is 4. The number of carbonyl (C=O) groups excluding carboxylic acids is 2. The summed E-state index contributed by atoms with van der Waals surface area (Å²) in [6, 6.07) is 16.1. The highest BCUT2D eigenvalue weighted by Crippen LogP contribution is 2.44. The molecule has 2 N–H and O–H groups in total. The second kappa shape index (κ2) is 10.6. The van der Waals surface area contributed by atoms with Crippen molar-refractivity contribution >= 4 is 23.5 Å². The summed E-state index contributed by atoms with van der Waals surface area (Å²) in [6.07, 6.45) is -0.376. The Labute approximate surface area is 195 Å². The van der Waals surface area contributed by atoms with Crippen LogP contribution < -0.4 is 10.5 Å². The Bertz CT molecular complexity index is 1180. The highest BCUT2D eigenvalue weighted by atomic mass is 35.5. The first kappa shape index (κ1) is 23.7. The Morgan fingerprint density at radius 3 is 2.48 bits per heavy atom. The number of para-hydroxylation sites is 1. The van der Waals surface area contributed by atoms with Gasteiger partial charge < -0.3 is 24.7 Å². The Balaban J connectivity index is 2.11. The molecule has 1 aliphatic rings. The highest BCUT2D eigenvalue weighted by molar-refractivity contribution is 6.31. The van der Waals surface area contributed by atoms with Crippen LogP contribution in [0.1, 0.15) is 23.5 Å². The van der Waals surface area contributed by atoms with Crippen molar-refractivity contribution in [3.63, 3.8) is 0 Å². The number of methoxy groups -OCH3 is 2. The summed E-state index contributed by atoms with van der Waals surface area (Å²) in [5.74, 6) is -2.31. The lowest BCUT2D eigenvalue weighted by Crippen LogP contribution is -2.27. The van der Waals surface area contributed by atoms with Gasteiger partial charge in [-0.2, -0.15) is 5.26 Å². The van der Waals surface area contributed by atoms with Crippen LogP contribution in [0.25, 0.3) is 0 Å². The number of esters is 2. The molecule has 33 heavy (non-hydrogen) atoms. The van der Waals surface area contributed by atoms with Gasteiger partial charge in [-0.05, 0) is 12.1 Å². The molecule has 1 atom stereocenters. The van der Waals surface area contributed by atoms with Gasteiger partial charge >= 0.3 is 11.9 Å². The van der Waals surface area contributed by atoms with Gasteiger partial charge in [-0.25, -0.2) is 4.79 Å². The molecule has 0 aromatic heterocycles. The van der Waals surface area contributed by atoms with Crippen LogP contribution in [0.5, 0.6) is 5.75 Å². The Morgan fingerprint density at radius 1 is 1.12 bits per heavy atom. The fourth-order valence-electron chi connectivity index (χ4n) is 3.42. The van der Waals surface area contributed by atoms with Gasteiger partial charge in [0.1, 0.15) is 36.2 Å². The number of hydrogen-bond acceptors (Lipinski definition) is 8. The zero-order valence-electron chi connectivity index (χ0n) is 18.0. The minimum absolute atomic E-state index is 0.0159. The van der Waals surface area contributed by atoms with E-state index in [0.29, 0.717) is 16.3 Å². The van der Waals surface area contributed by atoms with Crippen molar-refractivity contribution in [2.45, 2.75) is 18.9 Å². The maximum absolute atomic E-state index is 12.8. The molecule has 2 aromatic carbocycles. The summed E-state index contributed by atoms with van der Waals surface area (Å²) in [4.78, 5) is 24.7. The predicted octanol–water partition coefficient (Wildman–Crippen LogP) is 3.72. The van der Waals surface area contributed by atoms with Gasteiger partial charge in [0.25, 0.3) is 0 Å². The Morgan fingerprint density at radius 2 is 1.82 bits per heavy atom. The maximum Gasteiger partial charge on any atom is 0.338 e. The average Bonchev–Trinajstić information content (AvgIpc) is 2.82. The predicted molar refractivity (Wildman–Crippen MR) is 119 cm³/mol. The zero-order valence-corrected chi connectivity index (χ0v) is 18.7. The third-order valence-electron chi connectivity index (χ3n) is 5.01. The van der Waals surface area contributed by atoms with Crippen molar-refractivity contribution in [1.29, 1.82) is 5.26 Å². The van der Waals surface area contributed by atoms with Gasteiger partial charge in [-0.15, -0.1) is 0 Å². The number of nitrogens with zero attached hydrogens (tertiary/aromatic N) is 1. The van der Waals surface area contributed by atoms with Gasteiger partial charge in [-0.3, -0.25) is 4.79 Å². The smallest absolute Gasteiger partial charge is 0.338 e. The lowest BCUT2D eigenvalue weighted by atomic mass is 9.82. The molecule has 0 saturated heterocycles. The maximum atomic E-state index is 12.8. The summed E-state index contributed by atoms with van der Waals surface area (Å²) in [5.41, 5.74) is 7.17. The van der Waals surface area contributed by atoms with Crippen molar-refractivity contribution in [3.8, 4) is 11.8 Å². The van der Waals surface area contributed by atoms with Gasteiger partial charge in [0.2, 0.25) is 5.88 Å². The fraction of sp³-hybridized carbons (Fsp3) is 0.208. The van der Waals surface area contributed by atoms with E-state index >= 15 is 0 Å². The van der Waals surface area contributed by atoms with Crippen molar-refractivity contribution < 1.29 is 28.5 Å². The van der Waals surface area contributed by atoms with Crippen LogP contribution >= 0.6 is 11.6 Å². The summed E-state index contributed by atoms with van der Waals surface area (Å²) in [6.45, 7) is 0.146. The molecule has 0 fully saturated rings. The van der Waals surface area contributed by atoms with E-state index in [1.807, 2.05) is 24.3 Å². The molecule has 2 aromatic rings. The van der Waals surface area contributed by atoms with E-state index in [1.165, 1.54) is 14.2 Å². The monoisotopic (exact) mass is 468 g/mol. The van der Waals surface area contributed by atoms with Crippen molar-refractivity contribution in [2.24, 2.45) is 5.73 Å². The van der Waals surface area contributed by atoms with Crippen molar-refractivity contribution in [1.82, 2.24) is 0 Å². The van der Waals surface area contributed by atoms with E-state index in [-0.39, 0.29) is 35.8 Å². The lowest BCUT2D eigenvalue weighted by Gasteiger charge is -2.28. The van der Waals surface area contributed by atoms with Gasteiger partial charge in [0.15, 0.2) is 0 Å². The van der Waals surface area contributed by atoms with Gasteiger partial charge in [-0.1, -0.05) is 48.0 Å². The van der Waals surface area contributed by atoms with E-state index in [0.717, 1.165) is 5.56 Å². The number of nitriles is 1. The molecule has 1 unspecified atom stereocenters. The van der Waals surface area contributed by atoms with E-state index in [1.54, 1.807) is 30.3 Å². The van der Waals surface area contributed by atoms with E-state index in [2.05, 4.69) is 0 Å². The topological polar surface area (TPSA) is 121 Å². The molecule has 170 valence electrons. The molecule has 0 aliphatic carbocycles. The Hall–Kier alpha value is -3.96. The molecule has 1 heterocycles. The first-order chi connectivity index (χ1) is 15.9. The molecular weight excluding hydrogens is 448 g/mol. The van der Waals surface area contributed by atoms with Crippen LogP contribution in [0.15, 0.2) is 71.3 Å². The molecule has 0 bridgehead atoms. The molecule has 1 aliphatic heterocycles. The SMILES string of the molecule is COC(=O)CC1=C(C(=O)OC)C(c2ccccc2OCc2ccccc2Cl)C(C#N)=C(N)O1. The summed E-state index contributed by atoms with van der Waals surface area (Å²) in [5, 5.41) is 10.4. The van der Waals surface area contributed by atoms with Crippen LogP contribution in [-0.4, -0.2) is 26.2 Å². The number of allylic oxidation sites excluding steroid dienone is 1. The molecule has 3 rings (SSSR count). The van der Waals surface area contributed by atoms with Gasteiger partial charge in [0.05, 0.1) is 25.7 Å². The number of hydrogen-bond donors (Lipinski definition) is 1. The molecule has 0 saturated carbocycles. The number of carbonyl (C=O) groups is 2. The molecule has 0 amide bonds. The number of benzene rings is 2. The van der Waals surface area contributed by atoms with Crippen molar-refractivity contribution in [2.75, 3.05) is 14.2 Å². The van der Waals surface area contributed by atoms with Crippen LogP contribution in [0.3, 0.4) is 0 Å². The number of nitrogens with two attached hydrogens (primary N) is 1. The van der Waals surface area contributed by atoms with Crippen LogP contribution in [0.2, 0.25) is 5.02 Å². The van der Waals surface area contributed by atoms with Gasteiger partial charge in [0, 0.05) is 16.1 Å².